The van der Waals surface area contributed by atoms with Crippen LogP contribution in [-0.2, 0) is 20.9 Å². The van der Waals surface area contributed by atoms with Crippen molar-refractivity contribution in [3.05, 3.63) is 40.4 Å². The zero-order valence-corrected chi connectivity index (χ0v) is 18.1. The molecule has 1 heterocycles. The lowest BCUT2D eigenvalue weighted by Gasteiger charge is -2.20. The summed E-state index contributed by atoms with van der Waals surface area (Å²) in [6, 6.07) is 5.93. The lowest BCUT2D eigenvalue weighted by Crippen LogP contribution is -2.22. The van der Waals surface area contributed by atoms with Crippen molar-refractivity contribution in [1.82, 2.24) is 4.98 Å². The Balaban J connectivity index is 1.38. The molecule has 5 nitrogen and oxygen atoms in total. The molecule has 1 aromatic carbocycles. The van der Waals surface area contributed by atoms with Crippen molar-refractivity contribution < 1.29 is 14.3 Å². The Morgan fingerprint density at radius 2 is 2.03 bits per heavy atom. The number of amides is 1. The number of carbonyl (C=O) groups excluding carboxylic acids is 2. The topological polar surface area (TPSA) is 59.5 Å². The van der Waals surface area contributed by atoms with Crippen LogP contribution in [0.3, 0.4) is 0 Å². The van der Waals surface area contributed by atoms with Crippen LogP contribution in [0.25, 0.3) is 0 Å². The average molecular weight is 413 g/mol. The third-order valence-corrected chi connectivity index (χ3v) is 7.36. The van der Waals surface area contributed by atoms with E-state index in [4.69, 9.17) is 4.74 Å². The summed E-state index contributed by atoms with van der Waals surface area (Å²) in [7, 11) is 0. The first-order valence-electron chi connectivity index (χ1n) is 10.4. The summed E-state index contributed by atoms with van der Waals surface area (Å²) in [6.45, 7) is 5.77. The Labute approximate surface area is 176 Å². The first-order chi connectivity index (χ1) is 13.9. The number of anilines is 2. The molecular weight excluding hydrogens is 384 g/mol. The molecule has 6 heteroatoms. The second-order valence-corrected chi connectivity index (χ2v) is 9.38. The average Bonchev–Trinajstić information content (AvgIpc) is 3.40. The molecule has 0 N–H and O–H groups in total. The number of hydrogen-bond acceptors (Lipinski definition) is 5. The van der Waals surface area contributed by atoms with Gasteiger partial charge in [0.15, 0.2) is 5.13 Å². The zero-order valence-electron chi connectivity index (χ0n) is 17.3. The molecule has 2 aromatic rings. The maximum Gasteiger partial charge on any atom is 0.306 e. The third-order valence-electron chi connectivity index (χ3n) is 6.49. The number of fused-ring (bicyclic) bond motifs is 2. The van der Waals surface area contributed by atoms with Crippen LogP contribution in [0.5, 0.6) is 0 Å². The highest BCUT2D eigenvalue weighted by Gasteiger charge is 2.40. The van der Waals surface area contributed by atoms with Crippen molar-refractivity contribution in [3.63, 3.8) is 0 Å². The van der Waals surface area contributed by atoms with Gasteiger partial charge in [-0.1, -0.05) is 12.5 Å². The van der Waals surface area contributed by atoms with E-state index in [-0.39, 0.29) is 18.5 Å². The van der Waals surface area contributed by atoms with Crippen LogP contribution >= 0.6 is 11.3 Å². The Hall–Kier alpha value is -2.21. The number of benzene rings is 1. The Kier molecular flexibility index (Phi) is 5.72. The third kappa shape index (κ3) is 4.37. The minimum absolute atomic E-state index is 0.0950. The van der Waals surface area contributed by atoms with Crippen LogP contribution in [0.1, 0.15) is 55.8 Å². The number of rotatable bonds is 6. The number of ether oxygens (including phenoxy) is 1. The van der Waals surface area contributed by atoms with Gasteiger partial charge in [-0.3, -0.25) is 14.5 Å². The number of aromatic nitrogens is 1. The minimum atomic E-state index is -0.130. The molecule has 4 rings (SSSR count). The van der Waals surface area contributed by atoms with Crippen molar-refractivity contribution in [2.45, 2.75) is 59.5 Å². The second kappa shape index (κ2) is 8.27. The molecule has 1 amide bonds. The van der Waals surface area contributed by atoms with Crippen molar-refractivity contribution in [1.29, 1.82) is 0 Å². The lowest BCUT2D eigenvalue weighted by molar-refractivity contribution is -0.146. The van der Waals surface area contributed by atoms with Gasteiger partial charge in [0.05, 0.1) is 11.4 Å². The Morgan fingerprint density at radius 3 is 2.69 bits per heavy atom. The molecule has 2 aliphatic rings. The van der Waals surface area contributed by atoms with Crippen LogP contribution in [0, 0.1) is 31.6 Å². The van der Waals surface area contributed by atoms with Gasteiger partial charge in [-0.2, -0.15) is 0 Å². The predicted molar refractivity (Wildman–Crippen MR) is 114 cm³/mol. The van der Waals surface area contributed by atoms with Crippen LogP contribution in [0.4, 0.5) is 10.8 Å². The molecule has 29 heavy (non-hydrogen) atoms. The quantitative estimate of drug-likeness (QED) is 0.603. The normalized spacial score (nSPS) is 22.7. The van der Waals surface area contributed by atoms with E-state index in [2.05, 4.69) is 4.98 Å². The van der Waals surface area contributed by atoms with Crippen LogP contribution < -0.4 is 4.90 Å². The first kappa shape index (κ1) is 20.1. The monoisotopic (exact) mass is 412 g/mol. The molecule has 3 atom stereocenters. The van der Waals surface area contributed by atoms with Gasteiger partial charge >= 0.3 is 5.97 Å². The highest BCUT2D eigenvalue weighted by atomic mass is 32.1. The van der Waals surface area contributed by atoms with E-state index in [1.165, 1.54) is 49.5 Å². The number of hydrogen-bond donors (Lipinski definition) is 0. The minimum Gasteiger partial charge on any atom is -0.459 e. The molecule has 1 aromatic heterocycles. The van der Waals surface area contributed by atoms with E-state index >= 15 is 0 Å². The van der Waals surface area contributed by atoms with Crippen molar-refractivity contribution >= 4 is 34.0 Å². The summed E-state index contributed by atoms with van der Waals surface area (Å²) in [6.07, 6.45) is 5.62. The standard InChI is InChI=1S/C23H28N2O3S/c1-14-4-7-21(8-15(14)2)25(16(3)26)23-24-20(13-29-23)12-28-22(27)11-19-10-17-5-6-18(19)9-17/h4,7-8,13,17-19H,5-6,9-12H2,1-3H3/t17-,18-,19-/m1/s1. The predicted octanol–water partition coefficient (Wildman–Crippen LogP) is 5.31. The molecule has 0 spiro atoms. The van der Waals surface area contributed by atoms with Crippen molar-refractivity contribution in [2.75, 3.05) is 4.90 Å². The number of aryl methyl sites for hydroxylation is 2. The molecule has 0 saturated heterocycles. The van der Waals surface area contributed by atoms with E-state index < -0.39 is 0 Å². The van der Waals surface area contributed by atoms with Gasteiger partial charge in [-0.15, -0.1) is 11.3 Å². The number of nitrogens with zero attached hydrogens (tertiary/aromatic N) is 2. The molecule has 2 bridgehead atoms. The van der Waals surface area contributed by atoms with Gasteiger partial charge in [-0.25, -0.2) is 4.98 Å². The molecule has 0 aliphatic heterocycles. The smallest absolute Gasteiger partial charge is 0.306 e. The largest absolute Gasteiger partial charge is 0.459 e. The van der Waals surface area contributed by atoms with E-state index in [1.807, 2.05) is 37.4 Å². The molecule has 2 aliphatic carbocycles. The van der Waals surface area contributed by atoms with E-state index in [1.54, 1.807) is 4.90 Å². The van der Waals surface area contributed by atoms with Crippen molar-refractivity contribution in [2.24, 2.45) is 17.8 Å². The van der Waals surface area contributed by atoms with Crippen molar-refractivity contribution in [3.8, 4) is 0 Å². The SMILES string of the molecule is CC(=O)N(c1ccc(C)c(C)c1)c1nc(COC(=O)C[C@H]2C[C@@H]3CC[C@@H]2C3)cs1. The molecule has 2 saturated carbocycles. The highest BCUT2D eigenvalue weighted by Crippen LogP contribution is 2.49. The van der Waals surface area contributed by atoms with E-state index in [9.17, 15) is 9.59 Å². The fraction of sp³-hybridized carbons (Fsp3) is 0.522. The Morgan fingerprint density at radius 1 is 1.21 bits per heavy atom. The summed E-state index contributed by atoms with van der Waals surface area (Å²) in [4.78, 5) is 30.7. The molecule has 2 fully saturated rings. The number of thiazole rings is 1. The lowest BCUT2D eigenvalue weighted by atomic mass is 9.86. The number of carbonyl (C=O) groups is 2. The Bertz CT molecular complexity index is 923. The summed E-state index contributed by atoms with van der Waals surface area (Å²) >= 11 is 1.39. The first-order valence-corrected chi connectivity index (χ1v) is 11.3. The molecule has 0 unspecified atom stereocenters. The summed E-state index contributed by atoms with van der Waals surface area (Å²) < 4.78 is 5.49. The number of esters is 1. The molecule has 0 radical (unpaired) electrons. The zero-order chi connectivity index (χ0) is 20.5. The molecular formula is C23H28N2O3S. The summed E-state index contributed by atoms with van der Waals surface area (Å²) in [5, 5.41) is 2.46. The summed E-state index contributed by atoms with van der Waals surface area (Å²) in [5.41, 5.74) is 3.79. The maximum atomic E-state index is 12.3. The summed E-state index contributed by atoms with van der Waals surface area (Å²) in [5.74, 6) is 1.84. The van der Waals surface area contributed by atoms with E-state index in [0.717, 1.165) is 23.1 Å². The van der Waals surface area contributed by atoms with Gasteiger partial charge in [-0.05, 0) is 74.1 Å². The van der Waals surface area contributed by atoms with Gasteiger partial charge in [0.1, 0.15) is 6.61 Å². The van der Waals surface area contributed by atoms with Gasteiger partial charge in [0.25, 0.3) is 0 Å². The second-order valence-electron chi connectivity index (χ2n) is 8.54. The van der Waals surface area contributed by atoms with Gasteiger partial charge in [0.2, 0.25) is 5.91 Å². The highest BCUT2D eigenvalue weighted by molar-refractivity contribution is 7.14. The van der Waals surface area contributed by atoms with Gasteiger partial charge in [0, 0.05) is 18.7 Å². The van der Waals surface area contributed by atoms with Gasteiger partial charge < -0.3 is 4.74 Å². The fourth-order valence-corrected chi connectivity index (χ4v) is 5.68. The molecule has 154 valence electrons. The van der Waals surface area contributed by atoms with Crippen LogP contribution in [0.15, 0.2) is 23.6 Å². The van der Waals surface area contributed by atoms with E-state index in [0.29, 0.717) is 23.2 Å². The van der Waals surface area contributed by atoms with Crippen LogP contribution in [-0.4, -0.2) is 16.9 Å². The fourth-order valence-electron chi connectivity index (χ4n) is 4.81. The maximum absolute atomic E-state index is 12.3. The van der Waals surface area contributed by atoms with Crippen LogP contribution in [0.2, 0.25) is 0 Å².